The Morgan fingerprint density at radius 1 is 1.59 bits per heavy atom. The Bertz CT molecular complexity index is 444. The van der Waals surface area contributed by atoms with Crippen LogP contribution in [0, 0.1) is 18.3 Å². The quantitative estimate of drug-likeness (QED) is 0.866. The number of ether oxygens (including phenoxy) is 1. The number of pyridine rings is 1. The molecule has 1 aromatic rings. The lowest BCUT2D eigenvalue weighted by Crippen LogP contribution is -2.32. The molecule has 2 heterocycles. The third kappa shape index (κ3) is 2.95. The molecule has 0 amide bonds. The lowest BCUT2D eigenvalue weighted by atomic mass is 10.0. The minimum Gasteiger partial charge on any atom is -0.373 e. The highest BCUT2D eigenvalue weighted by Gasteiger charge is 2.29. The first kappa shape index (κ1) is 11.9. The normalized spacial score (nSPS) is 23.4. The summed E-state index contributed by atoms with van der Waals surface area (Å²) in [6.45, 7) is 5.56. The Morgan fingerprint density at radius 2 is 2.41 bits per heavy atom. The molecular formula is C13H17N3O. The van der Waals surface area contributed by atoms with Gasteiger partial charge in [-0.25, -0.2) is 4.98 Å². The molecule has 4 nitrogen and oxygen atoms in total. The molecule has 1 atom stereocenters. The van der Waals surface area contributed by atoms with E-state index >= 15 is 0 Å². The van der Waals surface area contributed by atoms with Gasteiger partial charge in [0.05, 0.1) is 17.2 Å². The molecule has 0 aliphatic carbocycles. The molecule has 1 N–H and O–H groups in total. The summed E-state index contributed by atoms with van der Waals surface area (Å²) in [5.41, 5.74) is 1.39. The summed E-state index contributed by atoms with van der Waals surface area (Å²) in [4.78, 5) is 4.36. The fraction of sp³-hybridized carbons (Fsp3) is 0.538. The van der Waals surface area contributed by atoms with E-state index in [1.807, 2.05) is 6.92 Å². The fourth-order valence-corrected chi connectivity index (χ4v) is 2.08. The lowest BCUT2D eigenvalue weighted by Gasteiger charge is -2.23. The van der Waals surface area contributed by atoms with Crippen molar-refractivity contribution in [3.63, 3.8) is 0 Å². The van der Waals surface area contributed by atoms with Gasteiger partial charge >= 0.3 is 0 Å². The van der Waals surface area contributed by atoms with E-state index in [2.05, 4.69) is 23.3 Å². The van der Waals surface area contributed by atoms with E-state index in [4.69, 9.17) is 10.00 Å². The van der Waals surface area contributed by atoms with Crippen LogP contribution in [0.3, 0.4) is 0 Å². The Morgan fingerprint density at radius 3 is 3.06 bits per heavy atom. The summed E-state index contributed by atoms with van der Waals surface area (Å²) in [6, 6.07) is 5.68. The molecule has 90 valence electrons. The first-order valence-electron chi connectivity index (χ1n) is 5.88. The summed E-state index contributed by atoms with van der Waals surface area (Å²) in [5.74, 6) is 0.748. The van der Waals surface area contributed by atoms with Crippen LogP contribution >= 0.6 is 0 Å². The molecular weight excluding hydrogens is 214 g/mol. The summed E-state index contributed by atoms with van der Waals surface area (Å²) in [6.07, 6.45) is 2.18. The Hall–Kier alpha value is -1.60. The summed E-state index contributed by atoms with van der Waals surface area (Å²) < 4.78 is 5.69. The van der Waals surface area contributed by atoms with Crippen molar-refractivity contribution in [3.05, 3.63) is 23.4 Å². The molecule has 1 unspecified atom stereocenters. The van der Waals surface area contributed by atoms with Gasteiger partial charge in [0.2, 0.25) is 0 Å². The van der Waals surface area contributed by atoms with Crippen LogP contribution in [-0.2, 0) is 4.74 Å². The van der Waals surface area contributed by atoms with Crippen molar-refractivity contribution >= 4 is 5.82 Å². The smallest absolute Gasteiger partial charge is 0.127 e. The highest BCUT2D eigenvalue weighted by atomic mass is 16.5. The molecule has 2 rings (SSSR count). The third-order valence-electron chi connectivity index (χ3n) is 3.03. The summed E-state index contributed by atoms with van der Waals surface area (Å²) >= 11 is 0. The van der Waals surface area contributed by atoms with Gasteiger partial charge in [-0.1, -0.05) is 0 Å². The number of aromatic nitrogens is 1. The van der Waals surface area contributed by atoms with Crippen molar-refractivity contribution in [2.45, 2.75) is 32.3 Å². The SMILES string of the molecule is Cc1cc(C#N)cc(NCC2(C)CCCO2)n1. The van der Waals surface area contributed by atoms with Crippen LogP contribution in [-0.4, -0.2) is 23.7 Å². The van der Waals surface area contributed by atoms with Crippen LogP contribution in [0.1, 0.15) is 31.0 Å². The Labute approximate surface area is 102 Å². The third-order valence-corrected chi connectivity index (χ3v) is 3.03. The van der Waals surface area contributed by atoms with E-state index < -0.39 is 0 Å². The second-order valence-electron chi connectivity index (χ2n) is 4.75. The molecule has 0 saturated carbocycles. The maximum Gasteiger partial charge on any atom is 0.127 e. The highest BCUT2D eigenvalue weighted by Crippen LogP contribution is 2.25. The van der Waals surface area contributed by atoms with Gasteiger partial charge < -0.3 is 10.1 Å². The van der Waals surface area contributed by atoms with Crippen LogP contribution in [0.2, 0.25) is 0 Å². The van der Waals surface area contributed by atoms with Crippen LogP contribution in [0.15, 0.2) is 12.1 Å². The van der Waals surface area contributed by atoms with Gasteiger partial charge in [0.15, 0.2) is 0 Å². The topological polar surface area (TPSA) is 57.9 Å². The number of nitrogens with zero attached hydrogens (tertiary/aromatic N) is 2. The van der Waals surface area contributed by atoms with Gasteiger partial charge in [-0.2, -0.15) is 5.26 Å². The zero-order chi connectivity index (χ0) is 12.3. The zero-order valence-electron chi connectivity index (χ0n) is 10.3. The van der Waals surface area contributed by atoms with Crippen LogP contribution in [0.25, 0.3) is 0 Å². The van der Waals surface area contributed by atoms with Crippen molar-refractivity contribution in [3.8, 4) is 6.07 Å². The number of hydrogen-bond acceptors (Lipinski definition) is 4. The van der Waals surface area contributed by atoms with Gasteiger partial charge in [0, 0.05) is 18.8 Å². The van der Waals surface area contributed by atoms with E-state index in [0.717, 1.165) is 37.5 Å². The molecule has 1 aliphatic heterocycles. The molecule has 1 fully saturated rings. The highest BCUT2D eigenvalue weighted by molar-refractivity contribution is 5.44. The number of nitriles is 1. The molecule has 17 heavy (non-hydrogen) atoms. The predicted octanol–water partition coefficient (Wildman–Crippen LogP) is 2.24. The zero-order valence-corrected chi connectivity index (χ0v) is 10.3. The van der Waals surface area contributed by atoms with Crippen molar-refractivity contribution in [1.29, 1.82) is 5.26 Å². The molecule has 1 aliphatic rings. The molecule has 0 radical (unpaired) electrons. The first-order chi connectivity index (χ1) is 8.11. The Kier molecular flexibility index (Phi) is 3.30. The number of aryl methyl sites for hydroxylation is 1. The fourth-order valence-electron chi connectivity index (χ4n) is 2.08. The van der Waals surface area contributed by atoms with Gasteiger partial charge in [-0.15, -0.1) is 0 Å². The van der Waals surface area contributed by atoms with Crippen molar-refractivity contribution in [1.82, 2.24) is 4.98 Å². The molecule has 4 heteroatoms. The second kappa shape index (κ2) is 4.72. The monoisotopic (exact) mass is 231 g/mol. The van der Waals surface area contributed by atoms with Gasteiger partial charge in [0.25, 0.3) is 0 Å². The molecule has 1 saturated heterocycles. The second-order valence-corrected chi connectivity index (χ2v) is 4.75. The van der Waals surface area contributed by atoms with Gasteiger partial charge in [-0.05, 0) is 38.8 Å². The minimum absolute atomic E-state index is 0.0990. The largest absolute Gasteiger partial charge is 0.373 e. The molecule has 0 bridgehead atoms. The van der Waals surface area contributed by atoms with E-state index in [-0.39, 0.29) is 5.60 Å². The van der Waals surface area contributed by atoms with Gasteiger partial charge in [0.1, 0.15) is 5.82 Å². The number of nitrogens with one attached hydrogen (secondary N) is 1. The summed E-state index contributed by atoms with van der Waals surface area (Å²) in [7, 11) is 0. The van der Waals surface area contributed by atoms with E-state index in [0.29, 0.717) is 5.56 Å². The summed E-state index contributed by atoms with van der Waals surface area (Å²) in [5, 5.41) is 12.1. The minimum atomic E-state index is -0.0990. The standard InChI is InChI=1S/C13H17N3O/c1-10-6-11(8-14)7-12(16-10)15-9-13(2)4-3-5-17-13/h6-7H,3-5,9H2,1-2H3,(H,15,16). The van der Waals surface area contributed by atoms with Crippen LogP contribution in [0.4, 0.5) is 5.82 Å². The average molecular weight is 231 g/mol. The number of rotatable bonds is 3. The average Bonchev–Trinajstić information content (AvgIpc) is 2.73. The van der Waals surface area contributed by atoms with Crippen LogP contribution in [0.5, 0.6) is 0 Å². The predicted molar refractivity (Wildman–Crippen MR) is 65.8 cm³/mol. The van der Waals surface area contributed by atoms with E-state index in [9.17, 15) is 0 Å². The van der Waals surface area contributed by atoms with Crippen LogP contribution < -0.4 is 5.32 Å². The molecule has 0 aromatic carbocycles. The number of anilines is 1. The van der Waals surface area contributed by atoms with Crippen molar-refractivity contribution in [2.75, 3.05) is 18.5 Å². The molecule has 0 spiro atoms. The first-order valence-corrected chi connectivity index (χ1v) is 5.88. The number of hydrogen-bond donors (Lipinski definition) is 1. The van der Waals surface area contributed by atoms with E-state index in [1.165, 1.54) is 0 Å². The van der Waals surface area contributed by atoms with Crippen molar-refractivity contribution < 1.29 is 4.74 Å². The maximum atomic E-state index is 8.89. The lowest BCUT2D eigenvalue weighted by molar-refractivity contribution is 0.0315. The Balaban J connectivity index is 2.04. The molecule has 1 aromatic heterocycles. The maximum absolute atomic E-state index is 8.89. The van der Waals surface area contributed by atoms with E-state index in [1.54, 1.807) is 12.1 Å². The van der Waals surface area contributed by atoms with Crippen molar-refractivity contribution in [2.24, 2.45) is 0 Å². The van der Waals surface area contributed by atoms with Gasteiger partial charge in [-0.3, -0.25) is 0 Å².